The highest BCUT2D eigenvalue weighted by Crippen LogP contribution is 2.18. The van der Waals surface area contributed by atoms with Crippen molar-refractivity contribution in [3.8, 4) is 0 Å². The van der Waals surface area contributed by atoms with Crippen LogP contribution in [0.5, 0.6) is 0 Å². The SMILES string of the molecule is CCc1ccccc1NC(=O)c1ccc(NC(=O)c2ccccc2)cc1. The summed E-state index contributed by atoms with van der Waals surface area (Å²) in [6.45, 7) is 2.05. The summed E-state index contributed by atoms with van der Waals surface area (Å²) in [6, 6.07) is 23.6. The topological polar surface area (TPSA) is 58.2 Å². The van der Waals surface area contributed by atoms with E-state index in [9.17, 15) is 9.59 Å². The number of anilines is 2. The zero-order chi connectivity index (χ0) is 18.4. The lowest BCUT2D eigenvalue weighted by Gasteiger charge is -2.10. The van der Waals surface area contributed by atoms with Gasteiger partial charge in [0.05, 0.1) is 0 Å². The highest BCUT2D eigenvalue weighted by atomic mass is 16.2. The van der Waals surface area contributed by atoms with Gasteiger partial charge in [0.2, 0.25) is 0 Å². The van der Waals surface area contributed by atoms with E-state index in [1.165, 1.54) is 0 Å². The summed E-state index contributed by atoms with van der Waals surface area (Å²) in [5.41, 5.74) is 3.68. The zero-order valence-corrected chi connectivity index (χ0v) is 14.5. The van der Waals surface area contributed by atoms with Gasteiger partial charge in [-0.3, -0.25) is 9.59 Å². The summed E-state index contributed by atoms with van der Waals surface area (Å²) < 4.78 is 0. The first-order valence-electron chi connectivity index (χ1n) is 8.53. The Bertz CT molecular complexity index is 903. The summed E-state index contributed by atoms with van der Waals surface area (Å²) in [4.78, 5) is 24.6. The number of carbonyl (C=O) groups excluding carboxylic acids is 2. The fourth-order valence-electron chi connectivity index (χ4n) is 2.64. The van der Waals surface area contributed by atoms with Crippen molar-refractivity contribution in [3.63, 3.8) is 0 Å². The Morgan fingerprint density at radius 1 is 0.692 bits per heavy atom. The van der Waals surface area contributed by atoms with Crippen LogP contribution < -0.4 is 10.6 Å². The molecule has 0 unspecified atom stereocenters. The predicted molar refractivity (Wildman–Crippen MR) is 105 cm³/mol. The Kier molecular flexibility index (Phi) is 5.44. The molecule has 4 heteroatoms. The maximum absolute atomic E-state index is 12.4. The van der Waals surface area contributed by atoms with E-state index in [4.69, 9.17) is 0 Å². The van der Waals surface area contributed by atoms with Gasteiger partial charge in [0.1, 0.15) is 0 Å². The Hall–Kier alpha value is -3.40. The number of para-hydroxylation sites is 1. The van der Waals surface area contributed by atoms with Gasteiger partial charge in [0, 0.05) is 22.5 Å². The van der Waals surface area contributed by atoms with Crippen molar-refractivity contribution in [3.05, 3.63) is 95.6 Å². The Morgan fingerprint density at radius 3 is 1.96 bits per heavy atom. The normalized spacial score (nSPS) is 10.2. The van der Waals surface area contributed by atoms with Crippen molar-refractivity contribution in [1.29, 1.82) is 0 Å². The monoisotopic (exact) mass is 344 g/mol. The van der Waals surface area contributed by atoms with Gasteiger partial charge in [-0.25, -0.2) is 0 Å². The molecule has 130 valence electrons. The first-order valence-corrected chi connectivity index (χ1v) is 8.53. The molecule has 3 aromatic carbocycles. The van der Waals surface area contributed by atoms with Gasteiger partial charge in [-0.15, -0.1) is 0 Å². The van der Waals surface area contributed by atoms with Crippen LogP contribution in [0, 0.1) is 0 Å². The number of carbonyl (C=O) groups is 2. The molecule has 26 heavy (non-hydrogen) atoms. The molecule has 0 saturated heterocycles. The van der Waals surface area contributed by atoms with E-state index >= 15 is 0 Å². The van der Waals surface area contributed by atoms with Crippen molar-refractivity contribution in [2.24, 2.45) is 0 Å². The highest BCUT2D eigenvalue weighted by molar-refractivity contribution is 6.06. The van der Waals surface area contributed by atoms with Gasteiger partial charge >= 0.3 is 0 Å². The van der Waals surface area contributed by atoms with E-state index in [0.29, 0.717) is 16.8 Å². The number of hydrogen-bond acceptors (Lipinski definition) is 2. The lowest BCUT2D eigenvalue weighted by atomic mass is 10.1. The largest absolute Gasteiger partial charge is 0.322 e. The van der Waals surface area contributed by atoms with Crippen LogP contribution in [-0.2, 0) is 6.42 Å². The van der Waals surface area contributed by atoms with Crippen molar-refractivity contribution in [2.75, 3.05) is 10.6 Å². The average Bonchev–Trinajstić information content (AvgIpc) is 2.69. The Balaban J connectivity index is 1.67. The van der Waals surface area contributed by atoms with Crippen molar-refractivity contribution in [1.82, 2.24) is 0 Å². The second kappa shape index (κ2) is 8.12. The fraction of sp³-hybridized carbons (Fsp3) is 0.0909. The molecule has 0 heterocycles. The van der Waals surface area contributed by atoms with Crippen LogP contribution in [0.2, 0.25) is 0 Å². The van der Waals surface area contributed by atoms with Gasteiger partial charge in [-0.1, -0.05) is 43.3 Å². The minimum atomic E-state index is -0.181. The molecular formula is C22H20N2O2. The molecule has 3 rings (SSSR count). The maximum Gasteiger partial charge on any atom is 0.255 e. The fourth-order valence-corrected chi connectivity index (χ4v) is 2.64. The molecule has 0 saturated carbocycles. The molecule has 0 atom stereocenters. The zero-order valence-electron chi connectivity index (χ0n) is 14.5. The molecule has 0 aliphatic carbocycles. The summed E-state index contributed by atoms with van der Waals surface area (Å²) >= 11 is 0. The standard InChI is InChI=1S/C22H20N2O2/c1-2-16-8-6-7-11-20(16)24-22(26)18-12-14-19(15-13-18)23-21(25)17-9-4-3-5-10-17/h3-15H,2H2,1H3,(H,23,25)(H,24,26). The Morgan fingerprint density at radius 2 is 1.27 bits per heavy atom. The summed E-state index contributed by atoms with van der Waals surface area (Å²) in [7, 11) is 0. The molecule has 0 fully saturated rings. The number of rotatable bonds is 5. The second-order valence-electron chi connectivity index (χ2n) is 5.86. The lowest BCUT2D eigenvalue weighted by molar-refractivity contribution is 0.102. The van der Waals surface area contributed by atoms with E-state index in [2.05, 4.69) is 17.6 Å². The molecule has 0 radical (unpaired) electrons. The minimum absolute atomic E-state index is 0.174. The third-order valence-electron chi connectivity index (χ3n) is 4.09. The third-order valence-corrected chi connectivity index (χ3v) is 4.09. The van der Waals surface area contributed by atoms with E-state index in [1.54, 1.807) is 36.4 Å². The van der Waals surface area contributed by atoms with Crippen LogP contribution in [0.4, 0.5) is 11.4 Å². The lowest BCUT2D eigenvalue weighted by Crippen LogP contribution is -2.14. The molecule has 4 nitrogen and oxygen atoms in total. The van der Waals surface area contributed by atoms with Crippen LogP contribution >= 0.6 is 0 Å². The minimum Gasteiger partial charge on any atom is -0.322 e. The first kappa shape index (κ1) is 17.4. The summed E-state index contributed by atoms with van der Waals surface area (Å²) in [6.07, 6.45) is 0.848. The molecule has 0 aliphatic rings. The van der Waals surface area contributed by atoms with Crippen LogP contribution in [0.15, 0.2) is 78.9 Å². The van der Waals surface area contributed by atoms with Crippen LogP contribution in [-0.4, -0.2) is 11.8 Å². The molecular weight excluding hydrogens is 324 g/mol. The highest BCUT2D eigenvalue weighted by Gasteiger charge is 2.09. The Labute approximate surface area is 152 Å². The molecule has 0 bridgehead atoms. The predicted octanol–water partition coefficient (Wildman–Crippen LogP) is 4.75. The van der Waals surface area contributed by atoms with E-state index < -0.39 is 0 Å². The van der Waals surface area contributed by atoms with Gasteiger partial charge < -0.3 is 10.6 Å². The van der Waals surface area contributed by atoms with Gasteiger partial charge in [0.15, 0.2) is 0 Å². The van der Waals surface area contributed by atoms with Crippen molar-refractivity contribution in [2.45, 2.75) is 13.3 Å². The maximum atomic E-state index is 12.4. The third kappa shape index (κ3) is 4.16. The number of amides is 2. The number of hydrogen-bond donors (Lipinski definition) is 2. The average molecular weight is 344 g/mol. The van der Waals surface area contributed by atoms with Crippen LogP contribution in [0.1, 0.15) is 33.2 Å². The van der Waals surface area contributed by atoms with Gasteiger partial charge in [0.25, 0.3) is 11.8 Å². The quantitative estimate of drug-likeness (QED) is 0.701. The van der Waals surface area contributed by atoms with E-state index in [1.807, 2.05) is 42.5 Å². The first-order chi connectivity index (χ1) is 12.7. The number of benzene rings is 3. The van der Waals surface area contributed by atoms with Crippen molar-refractivity contribution < 1.29 is 9.59 Å². The number of nitrogens with one attached hydrogen (secondary N) is 2. The summed E-state index contributed by atoms with van der Waals surface area (Å²) in [5, 5.41) is 5.76. The molecule has 0 aromatic heterocycles. The second-order valence-corrected chi connectivity index (χ2v) is 5.86. The van der Waals surface area contributed by atoms with Crippen LogP contribution in [0.25, 0.3) is 0 Å². The van der Waals surface area contributed by atoms with E-state index in [-0.39, 0.29) is 11.8 Å². The molecule has 0 spiro atoms. The van der Waals surface area contributed by atoms with Crippen LogP contribution in [0.3, 0.4) is 0 Å². The number of aryl methyl sites for hydroxylation is 1. The smallest absolute Gasteiger partial charge is 0.255 e. The molecule has 3 aromatic rings. The van der Waals surface area contributed by atoms with E-state index in [0.717, 1.165) is 17.7 Å². The summed E-state index contributed by atoms with van der Waals surface area (Å²) in [5.74, 6) is -0.355. The van der Waals surface area contributed by atoms with Gasteiger partial charge in [-0.05, 0) is 54.4 Å². The molecule has 0 aliphatic heterocycles. The molecule has 2 N–H and O–H groups in total. The van der Waals surface area contributed by atoms with Crippen molar-refractivity contribution >= 4 is 23.2 Å². The van der Waals surface area contributed by atoms with Gasteiger partial charge in [-0.2, -0.15) is 0 Å². The molecule has 2 amide bonds.